The minimum Gasteiger partial charge on any atom is -0.465 e. The molecule has 0 saturated carbocycles. The van der Waals surface area contributed by atoms with Crippen LogP contribution in [0.5, 0.6) is 0 Å². The second kappa shape index (κ2) is 7.99. The van der Waals surface area contributed by atoms with Gasteiger partial charge in [0.15, 0.2) is 0 Å². The third kappa shape index (κ3) is 4.59. The standard InChI is InChI=1S/C17H13BrN2O3S2/c18-11-3-5-12(6-4-11)19-15(21)7-8-20-16(22)14(25-17(20)24)10-13-2-1-9-23-13/h1-6,9-10H,7-8H2,(H,19,21). The van der Waals surface area contributed by atoms with Gasteiger partial charge in [0.1, 0.15) is 10.1 Å². The number of hydrogen-bond donors (Lipinski definition) is 1. The lowest BCUT2D eigenvalue weighted by Gasteiger charge is -2.14. The van der Waals surface area contributed by atoms with E-state index in [9.17, 15) is 9.59 Å². The molecule has 5 nitrogen and oxygen atoms in total. The van der Waals surface area contributed by atoms with E-state index in [2.05, 4.69) is 21.2 Å². The number of hydrogen-bond acceptors (Lipinski definition) is 5. The molecule has 1 aliphatic rings. The molecule has 1 saturated heterocycles. The van der Waals surface area contributed by atoms with Gasteiger partial charge in [0, 0.05) is 29.2 Å². The molecule has 0 spiro atoms. The lowest BCUT2D eigenvalue weighted by molar-refractivity contribution is -0.122. The average molecular weight is 437 g/mol. The number of thiocarbonyl (C=S) groups is 1. The van der Waals surface area contributed by atoms with Crippen LogP contribution in [0, 0.1) is 0 Å². The predicted molar refractivity (Wildman–Crippen MR) is 106 cm³/mol. The smallest absolute Gasteiger partial charge is 0.266 e. The summed E-state index contributed by atoms with van der Waals surface area (Å²) in [5, 5.41) is 2.79. The predicted octanol–water partition coefficient (Wildman–Crippen LogP) is 4.27. The fourth-order valence-electron chi connectivity index (χ4n) is 2.17. The van der Waals surface area contributed by atoms with Crippen molar-refractivity contribution in [2.75, 3.05) is 11.9 Å². The van der Waals surface area contributed by atoms with Crippen LogP contribution >= 0.6 is 39.9 Å². The zero-order valence-electron chi connectivity index (χ0n) is 12.9. The number of halogens is 1. The molecule has 0 unspecified atom stereocenters. The maximum atomic E-state index is 12.4. The van der Waals surface area contributed by atoms with Crippen LogP contribution in [0.2, 0.25) is 0 Å². The van der Waals surface area contributed by atoms with Gasteiger partial charge in [0.05, 0.1) is 11.2 Å². The van der Waals surface area contributed by atoms with Crippen LogP contribution in [0.3, 0.4) is 0 Å². The lowest BCUT2D eigenvalue weighted by atomic mass is 10.3. The summed E-state index contributed by atoms with van der Waals surface area (Å²) in [5.74, 6) is 0.211. The molecule has 2 heterocycles. The maximum absolute atomic E-state index is 12.4. The van der Waals surface area contributed by atoms with Crippen molar-refractivity contribution in [3.8, 4) is 0 Å². The summed E-state index contributed by atoms with van der Waals surface area (Å²) in [5.41, 5.74) is 0.705. The van der Waals surface area contributed by atoms with Gasteiger partial charge in [-0.1, -0.05) is 39.9 Å². The van der Waals surface area contributed by atoms with Gasteiger partial charge < -0.3 is 9.73 Å². The number of carbonyl (C=O) groups is 2. The molecular formula is C17H13BrN2O3S2. The number of benzene rings is 1. The number of furan rings is 1. The van der Waals surface area contributed by atoms with E-state index in [1.54, 1.807) is 36.6 Å². The van der Waals surface area contributed by atoms with E-state index < -0.39 is 0 Å². The summed E-state index contributed by atoms with van der Waals surface area (Å²) in [7, 11) is 0. The van der Waals surface area contributed by atoms with Gasteiger partial charge in [-0.3, -0.25) is 14.5 Å². The molecule has 25 heavy (non-hydrogen) atoms. The van der Waals surface area contributed by atoms with Crippen molar-refractivity contribution in [2.45, 2.75) is 6.42 Å². The molecule has 1 fully saturated rings. The van der Waals surface area contributed by atoms with Crippen molar-refractivity contribution in [3.05, 3.63) is 57.8 Å². The second-order valence-electron chi connectivity index (χ2n) is 5.15. The highest BCUT2D eigenvalue weighted by Crippen LogP contribution is 2.32. The fourth-order valence-corrected chi connectivity index (χ4v) is 3.72. The fraction of sp³-hybridized carbons (Fsp3) is 0.118. The molecule has 0 aliphatic carbocycles. The molecule has 0 bridgehead atoms. The lowest BCUT2D eigenvalue weighted by Crippen LogP contribution is -2.31. The van der Waals surface area contributed by atoms with Crippen LogP contribution in [0.4, 0.5) is 5.69 Å². The highest BCUT2D eigenvalue weighted by molar-refractivity contribution is 9.10. The molecular weight excluding hydrogens is 424 g/mol. The molecule has 1 aromatic heterocycles. The minimum absolute atomic E-state index is 0.163. The van der Waals surface area contributed by atoms with Crippen LogP contribution in [0.25, 0.3) is 6.08 Å². The van der Waals surface area contributed by atoms with Crippen molar-refractivity contribution in [1.82, 2.24) is 4.90 Å². The number of thioether (sulfide) groups is 1. The number of nitrogens with zero attached hydrogens (tertiary/aromatic N) is 1. The van der Waals surface area contributed by atoms with Gasteiger partial charge in [-0.25, -0.2) is 0 Å². The zero-order chi connectivity index (χ0) is 17.8. The number of amides is 2. The molecule has 3 rings (SSSR count). The first kappa shape index (κ1) is 17.9. The first-order valence-corrected chi connectivity index (χ1v) is 9.39. The van der Waals surface area contributed by atoms with Crippen molar-refractivity contribution in [2.24, 2.45) is 0 Å². The normalized spacial score (nSPS) is 15.9. The molecule has 0 atom stereocenters. The number of anilines is 1. The Morgan fingerprint density at radius 3 is 2.76 bits per heavy atom. The van der Waals surface area contributed by atoms with E-state index in [-0.39, 0.29) is 24.8 Å². The summed E-state index contributed by atoms with van der Waals surface area (Å²) in [4.78, 5) is 26.4. The highest BCUT2D eigenvalue weighted by atomic mass is 79.9. The Hall–Kier alpha value is -1.90. The molecule has 0 radical (unpaired) electrons. The Kier molecular flexibility index (Phi) is 5.72. The number of nitrogens with one attached hydrogen (secondary N) is 1. The topological polar surface area (TPSA) is 62.6 Å². The first-order valence-electron chi connectivity index (χ1n) is 7.37. The third-order valence-corrected chi connectivity index (χ3v) is 5.29. The van der Waals surface area contributed by atoms with Crippen LogP contribution in [-0.2, 0) is 9.59 Å². The molecule has 2 amide bonds. The SMILES string of the molecule is O=C(CCN1C(=O)C(=Cc2ccco2)SC1=S)Nc1ccc(Br)cc1. The summed E-state index contributed by atoms with van der Waals surface area (Å²) < 4.78 is 6.60. The van der Waals surface area contributed by atoms with Gasteiger partial charge in [0.25, 0.3) is 5.91 Å². The summed E-state index contributed by atoms with van der Waals surface area (Å²) >= 11 is 9.80. The monoisotopic (exact) mass is 436 g/mol. The first-order chi connectivity index (χ1) is 12.0. The second-order valence-corrected chi connectivity index (χ2v) is 7.75. The molecule has 1 aromatic carbocycles. The van der Waals surface area contributed by atoms with Crippen LogP contribution < -0.4 is 5.32 Å². The third-order valence-electron chi connectivity index (χ3n) is 3.38. The van der Waals surface area contributed by atoms with Gasteiger partial charge in [-0.05, 0) is 36.4 Å². The average Bonchev–Trinajstić information content (AvgIpc) is 3.18. The van der Waals surface area contributed by atoms with Crippen LogP contribution in [-0.4, -0.2) is 27.6 Å². The van der Waals surface area contributed by atoms with Crippen molar-refractivity contribution >= 4 is 67.8 Å². The summed E-state index contributed by atoms with van der Waals surface area (Å²) in [6, 6.07) is 10.8. The van der Waals surface area contributed by atoms with Gasteiger partial charge in [-0.2, -0.15) is 0 Å². The summed E-state index contributed by atoms with van der Waals surface area (Å²) in [6.45, 7) is 0.239. The van der Waals surface area contributed by atoms with Gasteiger partial charge >= 0.3 is 0 Å². The number of rotatable bonds is 5. The Bertz CT molecular complexity index is 832. The van der Waals surface area contributed by atoms with E-state index in [1.807, 2.05) is 12.1 Å². The van der Waals surface area contributed by atoms with E-state index in [4.69, 9.17) is 16.6 Å². The number of carbonyl (C=O) groups excluding carboxylic acids is 2. The van der Waals surface area contributed by atoms with E-state index in [1.165, 1.54) is 16.7 Å². The molecule has 2 aromatic rings. The van der Waals surface area contributed by atoms with Gasteiger partial charge in [0.2, 0.25) is 5.91 Å². The van der Waals surface area contributed by atoms with Crippen molar-refractivity contribution in [3.63, 3.8) is 0 Å². The Morgan fingerprint density at radius 2 is 2.08 bits per heavy atom. The zero-order valence-corrected chi connectivity index (χ0v) is 16.1. The minimum atomic E-state index is -0.206. The van der Waals surface area contributed by atoms with E-state index in [0.29, 0.717) is 20.7 Å². The maximum Gasteiger partial charge on any atom is 0.266 e. The van der Waals surface area contributed by atoms with Crippen molar-refractivity contribution < 1.29 is 14.0 Å². The van der Waals surface area contributed by atoms with E-state index in [0.717, 1.165) is 4.47 Å². The van der Waals surface area contributed by atoms with Gasteiger partial charge in [-0.15, -0.1) is 0 Å². The Balaban J connectivity index is 1.57. The largest absolute Gasteiger partial charge is 0.465 e. The van der Waals surface area contributed by atoms with Crippen LogP contribution in [0.15, 0.2) is 56.5 Å². The Morgan fingerprint density at radius 1 is 1.32 bits per heavy atom. The molecule has 8 heteroatoms. The summed E-state index contributed by atoms with van der Waals surface area (Å²) in [6.07, 6.45) is 3.36. The van der Waals surface area contributed by atoms with E-state index >= 15 is 0 Å². The molecule has 128 valence electrons. The molecule has 1 N–H and O–H groups in total. The van der Waals surface area contributed by atoms with Crippen molar-refractivity contribution in [1.29, 1.82) is 0 Å². The quantitative estimate of drug-likeness (QED) is 0.559. The highest BCUT2D eigenvalue weighted by Gasteiger charge is 2.32. The Labute approximate surface area is 162 Å². The van der Waals surface area contributed by atoms with Crippen LogP contribution in [0.1, 0.15) is 12.2 Å². The molecule has 1 aliphatic heterocycles.